The van der Waals surface area contributed by atoms with Gasteiger partial charge in [0, 0.05) is 5.56 Å². The van der Waals surface area contributed by atoms with Crippen LogP contribution < -0.4 is 5.56 Å². The number of nitrogens with zero attached hydrogens (tertiary/aromatic N) is 2. The van der Waals surface area contributed by atoms with Gasteiger partial charge in [-0.3, -0.25) is 4.79 Å². The Labute approximate surface area is 124 Å². The monoisotopic (exact) mass is 293 g/mol. The number of benzene rings is 2. The zero-order valence-electron chi connectivity index (χ0n) is 11.3. The number of aromatic amines is 1. The number of aromatic nitrogens is 3. The van der Waals surface area contributed by atoms with Crippen LogP contribution >= 0.6 is 11.3 Å². The van der Waals surface area contributed by atoms with E-state index in [1.165, 1.54) is 11.9 Å². The van der Waals surface area contributed by atoms with Crippen molar-refractivity contribution in [1.82, 2.24) is 15.0 Å². The Bertz CT molecular complexity index is 1030. The molecule has 0 atom stereocenters. The molecule has 102 valence electrons. The highest BCUT2D eigenvalue weighted by molar-refractivity contribution is 7.21. The Morgan fingerprint density at radius 1 is 1.10 bits per heavy atom. The lowest BCUT2D eigenvalue weighted by Gasteiger charge is -1.98. The zero-order valence-corrected chi connectivity index (χ0v) is 12.1. The smallest absolute Gasteiger partial charge is 0.258 e. The van der Waals surface area contributed by atoms with E-state index in [4.69, 9.17) is 0 Å². The Morgan fingerprint density at radius 2 is 1.95 bits per heavy atom. The summed E-state index contributed by atoms with van der Waals surface area (Å²) >= 11 is 1.64. The maximum atomic E-state index is 11.9. The molecule has 1 N–H and O–H groups in total. The molecular weight excluding hydrogens is 282 g/mol. The van der Waals surface area contributed by atoms with Gasteiger partial charge in [-0.2, -0.15) is 0 Å². The van der Waals surface area contributed by atoms with Crippen LogP contribution in [-0.4, -0.2) is 15.0 Å². The van der Waals surface area contributed by atoms with E-state index >= 15 is 0 Å². The van der Waals surface area contributed by atoms with Crippen molar-refractivity contribution in [3.05, 3.63) is 58.6 Å². The molecule has 0 spiro atoms. The average Bonchev–Trinajstić information content (AvgIpc) is 2.90. The summed E-state index contributed by atoms with van der Waals surface area (Å²) in [6.07, 6.45) is 1.42. The van der Waals surface area contributed by atoms with E-state index in [-0.39, 0.29) is 5.56 Å². The summed E-state index contributed by atoms with van der Waals surface area (Å²) in [4.78, 5) is 23.3. The van der Waals surface area contributed by atoms with Crippen LogP contribution in [0.3, 0.4) is 0 Å². The van der Waals surface area contributed by atoms with Crippen molar-refractivity contribution in [2.45, 2.75) is 6.92 Å². The molecule has 0 radical (unpaired) electrons. The van der Waals surface area contributed by atoms with Crippen molar-refractivity contribution < 1.29 is 0 Å². The average molecular weight is 293 g/mol. The van der Waals surface area contributed by atoms with E-state index in [1.54, 1.807) is 11.3 Å². The molecule has 4 aromatic rings. The molecule has 21 heavy (non-hydrogen) atoms. The molecule has 5 heteroatoms. The lowest BCUT2D eigenvalue weighted by molar-refractivity contribution is 1.17. The third kappa shape index (κ3) is 2.02. The predicted octanol–water partition coefficient (Wildman–Crippen LogP) is 3.51. The molecule has 0 unspecified atom stereocenters. The molecule has 0 fully saturated rings. The summed E-state index contributed by atoms with van der Waals surface area (Å²) in [5.74, 6) is 0. The molecule has 4 nitrogen and oxygen atoms in total. The summed E-state index contributed by atoms with van der Waals surface area (Å²) in [6, 6.07) is 11.9. The highest BCUT2D eigenvalue weighted by Gasteiger charge is 2.08. The lowest BCUT2D eigenvalue weighted by Crippen LogP contribution is -2.05. The van der Waals surface area contributed by atoms with Crippen LogP contribution in [0.4, 0.5) is 0 Å². The first-order valence-corrected chi connectivity index (χ1v) is 7.37. The van der Waals surface area contributed by atoms with Crippen LogP contribution in [-0.2, 0) is 0 Å². The van der Waals surface area contributed by atoms with Gasteiger partial charge in [-0.1, -0.05) is 6.07 Å². The van der Waals surface area contributed by atoms with Gasteiger partial charge in [-0.05, 0) is 42.8 Å². The number of nitrogens with one attached hydrogen (secondary N) is 1. The second-order valence-electron chi connectivity index (χ2n) is 4.95. The summed E-state index contributed by atoms with van der Waals surface area (Å²) in [7, 11) is 0. The summed E-state index contributed by atoms with van der Waals surface area (Å²) in [5.41, 5.74) is 3.72. The molecule has 0 bridgehead atoms. The molecule has 2 aromatic carbocycles. The van der Waals surface area contributed by atoms with Gasteiger partial charge < -0.3 is 4.98 Å². The summed E-state index contributed by atoms with van der Waals surface area (Å²) in [6.45, 7) is 2.07. The van der Waals surface area contributed by atoms with Crippen molar-refractivity contribution in [3.8, 4) is 10.6 Å². The standard InChI is InChI=1S/C16H11N3OS/c1-9-2-4-13-14(6-9)21-16(19-13)10-3-5-12-11(7-10)15(20)18-8-17-12/h2-8H,1H3,(H,17,18,20). The molecule has 0 aliphatic carbocycles. The van der Waals surface area contributed by atoms with Gasteiger partial charge in [0.05, 0.1) is 27.4 Å². The van der Waals surface area contributed by atoms with Gasteiger partial charge in [0.2, 0.25) is 0 Å². The highest BCUT2D eigenvalue weighted by atomic mass is 32.1. The Hall–Kier alpha value is -2.53. The first-order valence-electron chi connectivity index (χ1n) is 6.56. The maximum Gasteiger partial charge on any atom is 0.258 e. The summed E-state index contributed by atoms with van der Waals surface area (Å²) < 4.78 is 1.16. The lowest BCUT2D eigenvalue weighted by atomic mass is 10.1. The number of aryl methyl sites for hydroxylation is 1. The zero-order chi connectivity index (χ0) is 14.4. The van der Waals surface area contributed by atoms with Gasteiger partial charge in [0.1, 0.15) is 5.01 Å². The van der Waals surface area contributed by atoms with Crippen molar-refractivity contribution >= 4 is 32.5 Å². The fourth-order valence-electron chi connectivity index (χ4n) is 2.36. The molecule has 4 rings (SSSR count). The number of thiazole rings is 1. The minimum absolute atomic E-state index is 0.126. The number of hydrogen-bond donors (Lipinski definition) is 1. The second-order valence-corrected chi connectivity index (χ2v) is 5.98. The minimum Gasteiger partial charge on any atom is -0.313 e. The molecule has 0 aliphatic heterocycles. The third-order valence-corrected chi connectivity index (χ3v) is 4.50. The highest BCUT2D eigenvalue weighted by Crippen LogP contribution is 2.31. The van der Waals surface area contributed by atoms with Crippen LogP contribution in [0.2, 0.25) is 0 Å². The van der Waals surface area contributed by atoms with Crippen LogP contribution in [0.5, 0.6) is 0 Å². The predicted molar refractivity (Wildman–Crippen MR) is 85.7 cm³/mol. The minimum atomic E-state index is -0.126. The maximum absolute atomic E-state index is 11.9. The molecule has 0 amide bonds. The van der Waals surface area contributed by atoms with Gasteiger partial charge in [-0.15, -0.1) is 11.3 Å². The molecule has 2 aromatic heterocycles. The van der Waals surface area contributed by atoms with Crippen molar-refractivity contribution in [1.29, 1.82) is 0 Å². The van der Waals surface area contributed by atoms with Crippen LogP contribution in [0, 0.1) is 6.92 Å². The number of rotatable bonds is 1. The normalized spacial score (nSPS) is 11.3. The van der Waals surface area contributed by atoms with E-state index in [1.807, 2.05) is 24.3 Å². The largest absolute Gasteiger partial charge is 0.313 e. The number of fused-ring (bicyclic) bond motifs is 2. The molecule has 0 saturated carbocycles. The Balaban J connectivity index is 1.95. The van der Waals surface area contributed by atoms with Gasteiger partial charge in [-0.25, -0.2) is 9.97 Å². The quantitative estimate of drug-likeness (QED) is 0.584. The van der Waals surface area contributed by atoms with Gasteiger partial charge in [0.25, 0.3) is 5.56 Å². The number of H-pyrrole nitrogens is 1. The Kier molecular flexibility index (Phi) is 2.62. The third-order valence-electron chi connectivity index (χ3n) is 3.43. The fourth-order valence-corrected chi connectivity index (χ4v) is 3.42. The fraction of sp³-hybridized carbons (Fsp3) is 0.0625. The Morgan fingerprint density at radius 3 is 2.86 bits per heavy atom. The summed E-state index contributed by atoms with van der Waals surface area (Å²) in [5, 5.41) is 1.51. The SMILES string of the molecule is Cc1ccc2nc(-c3ccc4nc[nH]c(=O)c4c3)sc2c1. The number of hydrogen-bond acceptors (Lipinski definition) is 4. The first-order chi connectivity index (χ1) is 10.2. The van der Waals surface area contributed by atoms with Crippen molar-refractivity contribution in [3.63, 3.8) is 0 Å². The van der Waals surface area contributed by atoms with Crippen LogP contribution in [0.25, 0.3) is 31.7 Å². The van der Waals surface area contributed by atoms with Crippen molar-refractivity contribution in [2.75, 3.05) is 0 Å². The van der Waals surface area contributed by atoms with Gasteiger partial charge in [0.15, 0.2) is 0 Å². The van der Waals surface area contributed by atoms with E-state index in [0.717, 1.165) is 20.8 Å². The van der Waals surface area contributed by atoms with Gasteiger partial charge >= 0.3 is 0 Å². The van der Waals surface area contributed by atoms with E-state index < -0.39 is 0 Å². The topological polar surface area (TPSA) is 58.6 Å². The molecular formula is C16H11N3OS. The second kappa shape index (κ2) is 4.49. The van der Waals surface area contributed by atoms with Crippen LogP contribution in [0.1, 0.15) is 5.56 Å². The van der Waals surface area contributed by atoms with E-state index in [0.29, 0.717) is 10.9 Å². The van der Waals surface area contributed by atoms with E-state index in [9.17, 15) is 4.79 Å². The molecule has 2 heterocycles. The molecule has 0 saturated heterocycles. The molecule has 0 aliphatic rings. The van der Waals surface area contributed by atoms with E-state index in [2.05, 4.69) is 34.0 Å². The first kappa shape index (κ1) is 12.2. The van der Waals surface area contributed by atoms with Crippen molar-refractivity contribution in [2.24, 2.45) is 0 Å². The van der Waals surface area contributed by atoms with Crippen LogP contribution in [0.15, 0.2) is 47.5 Å².